The molecule has 1 nitrogen and oxygen atoms in total. The first-order chi connectivity index (χ1) is 6.44. The zero-order chi connectivity index (χ0) is 10.8. The highest BCUT2D eigenvalue weighted by Gasteiger charge is 2.25. The molecule has 2 heteroatoms. The van der Waals surface area contributed by atoms with Crippen LogP contribution in [0.2, 0.25) is 19.6 Å². The normalized spacial score (nSPS) is 23.9. The van der Waals surface area contributed by atoms with Gasteiger partial charge in [-0.2, -0.15) is 0 Å². The predicted octanol–water partition coefficient (Wildman–Crippen LogP) is 4.32. The van der Waals surface area contributed by atoms with Gasteiger partial charge in [-0.25, -0.2) is 0 Å². The molecular formula is C12H24OSi. The summed E-state index contributed by atoms with van der Waals surface area (Å²) in [5.41, 5.74) is 1.58. The fourth-order valence-corrected chi connectivity index (χ4v) is 3.08. The van der Waals surface area contributed by atoms with E-state index in [1.165, 1.54) is 31.4 Å². The summed E-state index contributed by atoms with van der Waals surface area (Å²) in [4.78, 5) is 0. The minimum Gasteiger partial charge on any atom is -0.547 e. The van der Waals surface area contributed by atoms with Crippen molar-refractivity contribution in [2.45, 2.75) is 59.2 Å². The summed E-state index contributed by atoms with van der Waals surface area (Å²) in [5.74, 6) is 2.00. The second-order valence-corrected chi connectivity index (χ2v) is 9.76. The Hall–Kier alpha value is -0.243. The Kier molecular flexibility index (Phi) is 3.82. The van der Waals surface area contributed by atoms with Crippen molar-refractivity contribution in [2.75, 3.05) is 0 Å². The van der Waals surface area contributed by atoms with Gasteiger partial charge in [-0.3, -0.25) is 0 Å². The van der Waals surface area contributed by atoms with Gasteiger partial charge in [0.2, 0.25) is 8.32 Å². The molecule has 0 amide bonds. The van der Waals surface area contributed by atoms with Crippen LogP contribution in [-0.2, 0) is 4.43 Å². The van der Waals surface area contributed by atoms with Crippen molar-refractivity contribution in [3.63, 3.8) is 0 Å². The molecule has 82 valence electrons. The largest absolute Gasteiger partial charge is 0.547 e. The van der Waals surface area contributed by atoms with E-state index >= 15 is 0 Å². The summed E-state index contributed by atoms with van der Waals surface area (Å²) in [6.45, 7) is 11.4. The molecule has 0 aromatic rings. The van der Waals surface area contributed by atoms with Gasteiger partial charge in [0.1, 0.15) is 0 Å². The first-order valence-electron chi connectivity index (χ1n) is 5.85. The van der Waals surface area contributed by atoms with Crippen molar-refractivity contribution < 1.29 is 4.43 Å². The lowest BCUT2D eigenvalue weighted by Gasteiger charge is -2.31. The van der Waals surface area contributed by atoms with Crippen LogP contribution < -0.4 is 0 Å². The molecule has 1 rings (SSSR count). The van der Waals surface area contributed by atoms with E-state index in [1.54, 1.807) is 5.57 Å². The molecule has 0 aromatic heterocycles. The number of allylic oxidation sites excluding steroid dienone is 2. The van der Waals surface area contributed by atoms with Crippen molar-refractivity contribution >= 4 is 8.32 Å². The average molecular weight is 212 g/mol. The van der Waals surface area contributed by atoms with E-state index in [1.807, 2.05) is 0 Å². The van der Waals surface area contributed by atoms with E-state index in [4.69, 9.17) is 4.43 Å². The minimum absolute atomic E-state index is 0.658. The molecule has 0 heterocycles. The maximum absolute atomic E-state index is 6.21. The van der Waals surface area contributed by atoms with Gasteiger partial charge in [-0.15, -0.1) is 0 Å². The van der Waals surface area contributed by atoms with Crippen LogP contribution in [0.4, 0.5) is 0 Å². The second kappa shape index (κ2) is 4.52. The van der Waals surface area contributed by atoms with Gasteiger partial charge in [0.25, 0.3) is 0 Å². The number of hydrogen-bond acceptors (Lipinski definition) is 1. The van der Waals surface area contributed by atoms with E-state index in [0.29, 0.717) is 5.92 Å². The molecule has 0 radical (unpaired) electrons. The molecule has 14 heavy (non-hydrogen) atoms. The lowest BCUT2D eigenvalue weighted by molar-refractivity contribution is 0.312. The lowest BCUT2D eigenvalue weighted by atomic mass is 9.89. The second-order valence-electron chi connectivity index (χ2n) is 5.33. The highest BCUT2D eigenvalue weighted by atomic mass is 28.4. The molecule has 0 fully saturated rings. The number of rotatable bonds is 3. The SMILES string of the molecule is CCC1=C(O[Si](C)(C)C)C(C)CCC1. The first kappa shape index (κ1) is 11.8. The van der Waals surface area contributed by atoms with Crippen LogP contribution in [0.1, 0.15) is 39.5 Å². The van der Waals surface area contributed by atoms with Crippen LogP contribution in [0.5, 0.6) is 0 Å². The van der Waals surface area contributed by atoms with E-state index in [9.17, 15) is 0 Å². The number of hydrogen-bond donors (Lipinski definition) is 0. The molecule has 0 N–H and O–H groups in total. The van der Waals surface area contributed by atoms with Crippen molar-refractivity contribution in [2.24, 2.45) is 5.92 Å². The van der Waals surface area contributed by atoms with Crippen LogP contribution in [-0.4, -0.2) is 8.32 Å². The Morgan fingerprint density at radius 1 is 1.36 bits per heavy atom. The Balaban J connectivity index is 2.82. The zero-order valence-electron chi connectivity index (χ0n) is 10.3. The average Bonchev–Trinajstić information content (AvgIpc) is 2.06. The smallest absolute Gasteiger partial charge is 0.241 e. The Morgan fingerprint density at radius 2 is 2.00 bits per heavy atom. The van der Waals surface area contributed by atoms with E-state index in [0.717, 1.165) is 0 Å². The van der Waals surface area contributed by atoms with Gasteiger partial charge in [-0.1, -0.05) is 13.8 Å². The maximum atomic E-state index is 6.21. The third-order valence-corrected chi connectivity index (χ3v) is 3.59. The van der Waals surface area contributed by atoms with Crippen molar-refractivity contribution in [1.29, 1.82) is 0 Å². The van der Waals surface area contributed by atoms with Crippen LogP contribution >= 0.6 is 0 Å². The fraction of sp³-hybridized carbons (Fsp3) is 0.833. The summed E-state index contributed by atoms with van der Waals surface area (Å²) in [7, 11) is -1.40. The van der Waals surface area contributed by atoms with Gasteiger partial charge in [0.05, 0.1) is 5.76 Å². The summed E-state index contributed by atoms with van der Waals surface area (Å²) in [6, 6.07) is 0. The Bertz CT molecular complexity index is 225. The summed E-state index contributed by atoms with van der Waals surface area (Å²) in [6.07, 6.45) is 5.09. The molecule has 1 atom stereocenters. The predicted molar refractivity (Wildman–Crippen MR) is 64.8 cm³/mol. The van der Waals surface area contributed by atoms with E-state index in [-0.39, 0.29) is 0 Å². The van der Waals surface area contributed by atoms with Gasteiger partial charge in [0, 0.05) is 5.92 Å². The highest BCUT2D eigenvalue weighted by molar-refractivity contribution is 6.70. The fourth-order valence-electron chi connectivity index (χ4n) is 2.08. The maximum Gasteiger partial charge on any atom is 0.241 e. The van der Waals surface area contributed by atoms with Crippen molar-refractivity contribution in [3.05, 3.63) is 11.3 Å². The molecule has 0 aliphatic heterocycles. The standard InChI is InChI=1S/C12H24OSi/c1-6-11-9-7-8-10(2)12(11)13-14(3,4)5/h10H,6-9H2,1-5H3. The van der Waals surface area contributed by atoms with Crippen LogP contribution in [0, 0.1) is 5.92 Å². The van der Waals surface area contributed by atoms with Crippen molar-refractivity contribution in [3.8, 4) is 0 Å². The third-order valence-electron chi connectivity index (χ3n) is 2.75. The zero-order valence-corrected chi connectivity index (χ0v) is 11.3. The molecule has 1 unspecified atom stereocenters. The summed E-state index contributed by atoms with van der Waals surface area (Å²) < 4.78 is 6.21. The summed E-state index contributed by atoms with van der Waals surface area (Å²) >= 11 is 0. The monoisotopic (exact) mass is 212 g/mol. The molecular weight excluding hydrogens is 188 g/mol. The van der Waals surface area contributed by atoms with Crippen LogP contribution in [0.25, 0.3) is 0 Å². The van der Waals surface area contributed by atoms with Crippen molar-refractivity contribution in [1.82, 2.24) is 0 Å². The molecule has 0 saturated heterocycles. The molecule has 0 bridgehead atoms. The van der Waals surface area contributed by atoms with Crippen LogP contribution in [0.15, 0.2) is 11.3 Å². The van der Waals surface area contributed by atoms with E-state index in [2.05, 4.69) is 33.5 Å². The highest BCUT2D eigenvalue weighted by Crippen LogP contribution is 2.33. The van der Waals surface area contributed by atoms with Crippen LogP contribution in [0.3, 0.4) is 0 Å². The van der Waals surface area contributed by atoms with Gasteiger partial charge < -0.3 is 4.43 Å². The summed E-state index contributed by atoms with van der Waals surface area (Å²) in [5, 5.41) is 0. The molecule has 1 aliphatic rings. The minimum atomic E-state index is -1.40. The van der Waals surface area contributed by atoms with E-state index < -0.39 is 8.32 Å². The lowest BCUT2D eigenvalue weighted by Crippen LogP contribution is -2.28. The first-order valence-corrected chi connectivity index (χ1v) is 9.25. The molecule has 0 aromatic carbocycles. The Morgan fingerprint density at radius 3 is 2.50 bits per heavy atom. The quantitative estimate of drug-likeness (QED) is 0.633. The Labute approximate surface area is 89.7 Å². The van der Waals surface area contributed by atoms with Gasteiger partial charge in [-0.05, 0) is 50.9 Å². The molecule has 1 aliphatic carbocycles. The molecule has 0 saturated carbocycles. The van der Waals surface area contributed by atoms with Gasteiger partial charge >= 0.3 is 0 Å². The third kappa shape index (κ3) is 3.16. The topological polar surface area (TPSA) is 9.23 Å². The van der Waals surface area contributed by atoms with Gasteiger partial charge in [0.15, 0.2) is 0 Å². The molecule has 0 spiro atoms.